The predicted octanol–water partition coefficient (Wildman–Crippen LogP) is 3.46. The van der Waals surface area contributed by atoms with Gasteiger partial charge in [0.05, 0.1) is 29.2 Å². The van der Waals surface area contributed by atoms with Crippen molar-refractivity contribution in [3.63, 3.8) is 0 Å². The van der Waals surface area contributed by atoms with Gasteiger partial charge >= 0.3 is 5.97 Å². The van der Waals surface area contributed by atoms with E-state index in [2.05, 4.69) is 15.9 Å². The molecule has 0 amide bonds. The Kier molecular flexibility index (Phi) is 5.14. The lowest BCUT2D eigenvalue weighted by molar-refractivity contribution is 0.0695. The minimum atomic E-state index is -1.32. The second kappa shape index (κ2) is 6.87. The van der Waals surface area contributed by atoms with E-state index in [0.717, 1.165) is 5.56 Å². The van der Waals surface area contributed by atoms with Gasteiger partial charge in [0.25, 0.3) is 0 Å². The van der Waals surface area contributed by atoms with Crippen LogP contribution < -0.4 is 4.74 Å². The molecule has 2 aromatic carbocycles. The van der Waals surface area contributed by atoms with Crippen molar-refractivity contribution in [3.8, 4) is 5.75 Å². The van der Waals surface area contributed by atoms with E-state index in [4.69, 9.17) is 9.84 Å². The summed E-state index contributed by atoms with van der Waals surface area (Å²) in [5, 5.41) is 9.08. The second-order valence-corrected chi connectivity index (χ2v) is 6.59. The van der Waals surface area contributed by atoms with Crippen LogP contribution in [0.5, 0.6) is 5.75 Å². The topological polar surface area (TPSA) is 63.6 Å². The van der Waals surface area contributed by atoms with Crippen LogP contribution in [-0.4, -0.2) is 22.4 Å². The van der Waals surface area contributed by atoms with E-state index in [9.17, 15) is 9.00 Å². The molecule has 1 atom stereocenters. The van der Waals surface area contributed by atoms with E-state index >= 15 is 0 Å². The van der Waals surface area contributed by atoms with Crippen LogP contribution in [0.3, 0.4) is 0 Å². The van der Waals surface area contributed by atoms with Gasteiger partial charge in [-0.05, 0) is 51.8 Å². The minimum Gasteiger partial charge on any atom is -0.497 e. The van der Waals surface area contributed by atoms with Gasteiger partial charge in [0.2, 0.25) is 0 Å². The lowest BCUT2D eigenvalue weighted by atomic mass is 10.2. The van der Waals surface area contributed by atoms with Crippen LogP contribution >= 0.6 is 15.9 Å². The molecule has 1 N–H and O–H groups in total. The molecular formula is C15H13BrO4S. The molecule has 0 saturated carbocycles. The fraction of sp³-hybridized carbons (Fsp3) is 0.133. The zero-order valence-electron chi connectivity index (χ0n) is 11.2. The summed E-state index contributed by atoms with van der Waals surface area (Å²) >= 11 is 3.17. The van der Waals surface area contributed by atoms with Crippen molar-refractivity contribution in [2.45, 2.75) is 10.6 Å². The summed E-state index contributed by atoms with van der Waals surface area (Å²) in [6.07, 6.45) is 0. The van der Waals surface area contributed by atoms with Gasteiger partial charge in [-0.1, -0.05) is 12.1 Å². The van der Waals surface area contributed by atoms with E-state index in [1.807, 2.05) is 24.3 Å². The lowest BCUT2D eigenvalue weighted by Gasteiger charge is -2.07. The summed E-state index contributed by atoms with van der Waals surface area (Å²) in [6, 6.07) is 12.0. The maximum absolute atomic E-state index is 12.4. The predicted molar refractivity (Wildman–Crippen MR) is 84.2 cm³/mol. The van der Waals surface area contributed by atoms with E-state index in [-0.39, 0.29) is 5.56 Å². The number of carboxylic acid groups (broad SMARTS) is 1. The summed E-state index contributed by atoms with van der Waals surface area (Å²) < 4.78 is 18.0. The Morgan fingerprint density at radius 2 is 2.05 bits per heavy atom. The number of aromatic carboxylic acids is 1. The maximum atomic E-state index is 12.4. The van der Waals surface area contributed by atoms with Crippen molar-refractivity contribution in [1.29, 1.82) is 0 Å². The number of hydrogen-bond donors (Lipinski definition) is 1. The highest BCUT2D eigenvalue weighted by atomic mass is 79.9. The highest BCUT2D eigenvalue weighted by Gasteiger charge is 2.13. The number of carbonyl (C=O) groups is 1. The molecule has 0 fully saturated rings. The highest BCUT2D eigenvalue weighted by molar-refractivity contribution is 9.10. The van der Waals surface area contributed by atoms with Crippen molar-refractivity contribution >= 4 is 32.7 Å². The fourth-order valence-corrected chi connectivity index (χ4v) is 3.34. The first-order valence-electron chi connectivity index (χ1n) is 6.05. The number of carboxylic acids is 1. The summed E-state index contributed by atoms with van der Waals surface area (Å²) in [5.74, 6) is -0.0497. The molecule has 1 unspecified atom stereocenters. The quantitative estimate of drug-likeness (QED) is 0.877. The average Bonchev–Trinajstić information content (AvgIpc) is 2.47. The van der Waals surface area contributed by atoms with Gasteiger partial charge in [0.1, 0.15) is 5.75 Å². The molecule has 2 rings (SSSR count). The molecule has 0 bridgehead atoms. The Balaban J connectivity index is 2.24. The van der Waals surface area contributed by atoms with Gasteiger partial charge in [-0.25, -0.2) is 4.79 Å². The maximum Gasteiger partial charge on any atom is 0.336 e. The van der Waals surface area contributed by atoms with Gasteiger partial charge < -0.3 is 9.84 Å². The number of methoxy groups -OCH3 is 1. The second-order valence-electron chi connectivity index (χ2n) is 4.29. The number of hydrogen-bond acceptors (Lipinski definition) is 3. The van der Waals surface area contributed by atoms with E-state index in [1.165, 1.54) is 6.07 Å². The van der Waals surface area contributed by atoms with Gasteiger partial charge in [-0.3, -0.25) is 4.21 Å². The molecule has 0 saturated heterocycles. The van der Waals surface area contributed by atoms with Crippen LogP contribution in [-0.2, 0) is 16.6 Å². The molecule has 4 nitrogen and oxygen atoms in total. The van der Waals surface area contributed by atoms with Crippen LogP contribution in [0.15, 0.2) is 51.8 Å². The van der Waals surface area contributed by atoms with Crippen LogP contribution in [0.4, 0.5) is 0 Å². The summed E-state index contributed by atoms with van der Waals surface area (Å²) in [4.78, 5) is 11.6. The SMILES string of the molecule is COc1cccc(CS(=O)c2ccc(Br)c(C(=O)O)c2)c1. The Labute approximate surface area is 133 Å². The number of ether oxygens (including phenoxy) is 1. The third-order valence-electron chi connectivity index (χ3n) is 2.86. The molecule has 0 spiro atoms. The number of rotatable bonds is 5. The number of halogens is 1. The Hall–Kier alpha value is -1.66. The molecule has 0 radical (unpaired) electrons. The largest absolute Gasteiger partial charge is 0.497 e. The van der Waals surface area contributed by atoms with Gasteiger partial charge in [0.15, 0.2) is 0 Å². The molecule has 0 aliphatic heterocycles. The first kappa shape index (κ1) is 15.7. The van der Waals surface area contributed by atoms with Gasteiger partial charge in [-0.15, -0.1) is 0 Å². The zero-order chi connectivity index (χ0) is 15.4. The summed E-state index contributed by atoms with van der Waals surface area (Å²) in [6.45, 7) is 0. The molecule has 2 aromatic rings. The van der Waals surface area contributed by atoms with Crippen molar-refractivity contribution in [3.05, 3.63) is 58.1 Å². The van der Waals surface area contributed by atoms with E-state index in [0.29, 0.717) is 20.9 Å². The summed E-state index contributed by atoms with van der Waals surface area (Å²) in [7, 11) is 0.254. The molecule has 110 valence electrons. The molecule has 6 heteroatoms. The Morgan fingerprint density at radius 3 is 2.71 bits per heavy atom. The monoisotopic (exact) mass is 368 g/mol. The molecule has 0 aliphatic rings. The molecule has 0 aliphatic carbocycles. The highest BCUT2D eigenvalue weighted by Crippen LogP contribution is 2.22. The van der Waals surface area contributed by atoms with E-state index < -0.39 is 16.8 Å². The van der Waals surface area contributed by atoms with Crippen molar-refractivity contribution < 1.29 is 18.8 Å². The Bertz CT molecular complexity index is 700. The lowest BCUT2D eigenvalue weighted by Crippen LogP contribution is -2.02. The Morgan fingerprint density at radius 1 is 1.29 bits per heavy atom. The van der Waals surface area contributed by atoms with Crippen LogP contribution in [0.2, 0.25) is 0 Å². The van der Waals surface area contributed by atoms with E-state index in [1.54, 1.807) is 19.2 Å². The third-order valence-corrected chi connectivity index (χ3v) is 4.93. The first-order chi connectivity index (χ1) is 10.0. The van der Waals surface area contributed by atoms with Crippen LogP contribution in [0.1, 0.15) is 15.9 Å². The first-order valence-corrected chi connectivity index (χ1v) is 8.16. The van der Waals surface area contributed by atoms with Crippen molar-refractivity contribution in [2.24, 2.45) is 0 Å². The summed E-state index contributed by atoms with van der Waals surface area (Å²) in [5.41, 5.74) is 0.971. The molecule has 21 heavy (non-hydrogen) atoms. The molecule has 0 aromatic heterocycles. The minimum absolute atomic E-state index is 0.103. The zero-order valence-corrected chi connectivity index (χ0v) is 13.6. The van der Waals surface area contributed by atoms with Crippen molar-refractivity contribution in [2.75, 3.05) is 7.11 Å². The van der Waals surface area contributed by atoms with Crippen molar-refractivity contribution in [1.82, 2.24) is 0 Å². The van der Waals surface area contributed by atoms with Crippen LogP contribution in [0, 0.1) is 0 Å². The number of benzene rings is 2. The average molecular weight is 369 g/mol. The smallest absolute Gasteiger partial charge is 0.336 e. The fourth-order valence-electron chi connectivity index (χ4n) is 1.81. The standard InChI is InChI=1S/C15H13BrO4S/c1-20-11-4-2-3-10(7-11)9-21(19)12-5-6-14(16)13(8-12)15(17)18/h2-8H,9H2,1H3,(H,17,18). The third kappa shape index (κ3) is 3.92. The molecular weight excluding hydrogens is 356 g/mol. The van der Waals surface area contributed by atoms with Gasteiger partial charge in [0, 0.05) is 9.37 Å². The van der Waals surface area contributed by atoms with Gasteiger partial charge in [-0.2, -0.15) is 0 Å². The normalized spacial score (nSPS) is 11.9. The van der Waals surface area contributed by atoms with Crippen LogP contribution in [0.25, 0.3) is 0 Å². The molecule has 0 heterocycles.